The average Bonchev–Trinajstić information content (AvgIpc) is 3.80. The maximum Gasteiger partial charge on any atom is 0.287 e. The first-order valence-corrected chi connectivity index (χ1v) is 20.1. The molecular weight excluding hydrogens is 721 g/mol. The van der Waals surface area contributed by atoms with Crippen LogP contribution in [0.2, 0.25) is 0 Å². The summed E-state index contributed by atoms with van der Waals surface area (Å²) < 4.78 is 26.5. The number of hydrogen-bond acceptors (Lipinski definition) is 11. The van der Waals surface area contributed by atoms with Crippen LogP contribution in [0.3, 0.4) is 0 Å². The highest BCUT2D eigenvalue weighted by atomic mass is 32.2. The summed E-state index contributed by atoms with van der Waals surface area (Å²) in [5.41, 5.74) is 8.03. The van der Waals surface area contributed by atoms with Crippen molar-refractivity contribution < 1.29 is 42.3 Å². The average molecular weight is 771 g/mol. The highest BCUT2D eigenvalue weighted by Crippen LogP contribution is 2.35. The monoisotopic (exact) mass is 770 g/mol. The van der Waals surface area contributed by atoms with Crippen LogP contribution in [-0.4, -0.2) is 98.7 Å². The molecule has 0 bridgehead atoms. The molecule has 18 heteroatoms. The van der Waals surface area contributed by atoms with Gasteiger partial charge < -0.3 is 32.1 Å². The summed E-state index contributed by atoms with van der Waals surface area (Å²) >= 11 is 0. The molecule has 54 heavy (non-hydrogen) atoms. The molecule has 0 spiro atoms. The van der Waals surface area contributed by atoms with E-state index in [1.54, 1.807) is 13.8 Å². The van der Waals surface area contributed by atoms with Crippen LogP contribution >= 0.6 is 0 Å². The van der Waals surface area contributed by atoms with Gasteiger partial charge in [0, 0.05) is 18.5 Å². The Balaban J connectivity index is 1.47. The third-order valence-electron chi connectivity index (χ3n) is 10.8. The molecule has 2 saturated carbocycles. The highest BCUT2D eigenvalue weighted by Gasteiger charge is 2.49. The van der Waals surface area contributed by atoms with Gasteiger partial charge in [-0.15, -0.1) is 5.10 Å². The molecule has 17 nitrogen and oxygen atoms in total. The smallest absolute Gasteiger partial charge is 0.287 e. The van der Waals surface area contributed by atoms with Gasteiger partial charge in [-0.1, -0.05) is 56.6 Å². The summed E-state index contributed by atoms with van der Waals surface area (Å²) in [6.45, 7) is 3.06. The van der Waals surface area contributed by atoms with E-state index in [2.05, 4.69) is 20.9 Å². The van der Waals surface area contributed by atoms with Gasteiger partial charge in [0.05, 0.1) is 22.8 Å². The Morgan fingerprint density at radius 2 is 1.61 bits per heavy atom. The molecule has 3 atom stereocenters. The molecule has 2 heterocycles. The Morgan fingerprint density at radius 3 is 2.20 bits per heavy atom. The third kappa shape index (κ3) is 9.14. The van der Waals surface area contributed by atoms with Gasteiger partial charge in [0.2, 0.25) is 23.5 Å². The zero-order chi connectivity index (χ0) is 39.4. The molecule has 0 unspecified atom stereocenters. The summed E-state index contributed by atoms with van der Waals surface area (Å²) in [6.07, 6.45) is 8.72. The molecule has 1 aromatic heterocycles. The molecule has 1 aromatic carbocycles. The fourth-order valence-corrected chi connectivity index (χ4v) is 9.15. The summed E-state index contributed by atoms with van der Waals surface area (Å²) in [6, 6.07) is 2.01. The first-order valence-electron chi connectivity index (χ1n) is 18.4. The summed E-state index contributed by atoms with van der Waals surface area (Å²) in [5, 5.41) is 24.7. The van der Waals surface area contributed by atoms with Crippen LogP contribution in [0.25, 0.3) is 0 Å². The number of amides is 5. The fraction of sp³-hybridized carbons (Fsp3) is 0.611. The maximum absolute atomic E-state index is 14.8. The SMILES string of the molecule is CC(C)(O)c1cnnn1[C@H]1C[C@@H](C(=O)NC2(C(=O)C(N)=O)CCCCC2)N(C(=O)[C@@H](CC2CCCCC2)NC(=O)c2ccc(S(=O)(=O)CC(N)=O)cc2)C1. The van der Waals surface area contributed by atoms with E-state index < -0.39 is 80.2 Å². The molecule has 7 N–H and O–H groups in total. The molecule has 1 saturated heterocycles. The van der Waals surface area contributed by atoms with Crippen molar-refractivity contribution in [3.63, 3.8) is 0 Å². The molecule has 2 aromatic rings. The topological polar surface area (TPSA) is 267 Å². The molecule has 3 fully saturated rings. The number of nitrogens with one attached hydrogen (secondary N) is 2. The predicted octanol–water partition coefficient (Wildman–Crippen LogP) is 0.549. The number of likely N-dealkylation sites (tertiary alicyclic amines) is 1. The van der Waals surface area contributed by atoms with Crippen molar-refractivity contribution in [1.82, 2.24) is 30.5 Å². The van der Waals surface area contributed by atoms with Gasteiger partial charge in [-0.3, -0.25) is 28.8 Å². The Morgan fingerprint density at radius 1 is 0.981 bits per heavy atom. The third-order valence-corrected chi connectivity index (χ3v) is 12.5. The lowest BCUT2D eigenvalue weighted by Gasteiger charge is -2.38. The van der Waals surface area contributed by atoms with E-state index in [0.29, 0.717) is 18.5 Å². The van der Waals surface area contributed by atoms with Crippen molar-refractivity contribution in [3.05, 3.63) is 41.7 Å². The van der Waals surface area contributed by atoms with Crippen LogP contribution in [0.4, 0.5) is 0 Å². The van der Waals surface area contributed by atoms with Crippen molar-refractivity contribution >= 4 is 45.2 Å². The lowest BCUT2D eigenvalue weighted by molar-refractivity contribution is -0.145. The first-order chi connectivity index (χ1) is 25.4. The number of nitrogens with zero attached hydrogens (tertiary/aromatic N) is 4. The highest BCUT2D eigenvalue weighted by molar-refractivity contribution is 7.92. The zero-order valence-electron chi connectivity index (χ0n) is 30.7. The Hall–Kier alpha value is -4.71. The number of rotatable bonds is 14. The van der Waals surface area contributed by atoms with Crippen molar-refractivity contribution in [2.24, 2.45) is 17.4 Å². The Bertz CT molecular complexity index is 1860. The number of hydrogen-bond donors (Lipinski definition) is 5. The van der Waals surface area contributed by atoms with Crippen molar-refractivity contribution in [1.29, 1.82) is 0 Å². The number of ketones is 1. The second kappa shape index (κ2) is 16.3. The van der Waals surface area contributed by atoms with Crippen molar-refractivity contribution in [2.45, 2.75) is 125 Å². The molecule has 0 radical (unpaired) electrons. The Labute approximate surface area is 313 Å². The van der Waals surface area contributed by atoms with Gasteiger partial charge in [0.1, 0.15) is 29.0 Å². The summed E-state index contributed by atoms with van der Waals surface area (Å²) in [4.78, 5) is 80.6. The maximum atomic E-state index is 14.8. The van der Waals surface area contributed by atoms with Crippen LogP contribution < -0.4 is 22.1 Å². The van der Waals surface area contributed by atoms with Gasteiger partial charge in [0.25, 0.3) is 11.8 Å². The van der Waals surface area contributed by atoms with Gasteiger partial charge in [-0.25, -0.2) is 13.1 Å². The number of aromatic nitrogens is 3. The molecule has 294 valence electrons. The molecular formula is C36H50N8O9S. The number of benzene rings is 1. The molecule has 5 amide bonds. The lowest BCUT2D eigenvalue weighted by Crippen LogP contribution is -2.62. The predicted molar refractivity (Wildman–Crippen MR) is 193 cm³/mol. The minimum Gasteiger partial charge on any atom is -0.384 e. The number of sulfone groups is 1. The van der Waals surface area contributed by atoms with Crippen LogP contribution in [0.1, 0.15) is 113 Å². The van der Waals surface area contributed by atoms with E-state index >= 15 is 0 Å². The van der Waals surface area contributed by atoms with E-state index in [9.17, 15) is 42.3 Å². The van der Waals surface area contributed by atoms with Crippen LogP contribution in [-0.2, 0) is 39.4 Å². The van der Waals surface area contributed by atoms with Crippen LogP contribution in [0.5, 0.6) is 0 Å². The van der Waals surface area contributed by atoms with E-state index in [4.69, 9.17) is 11.5 Å². The van der Waals surface area contributed by atoms with E-state index in [1.807, 2.05) is 0 Å². The van der Waals surface area contributed by atoms with Gasteiger partial charge >= 0.3 is 0 Å². The number of Topliss-reactive ketones (excluding diaryl/α,β-unsaturated/α-hetero) is 1. The van der Waals surface area contributed by atoms with Crippen molar-refractivity contribution in [3.8, 4) is 0 Å². The second-order valence-corrected chi connectivity index (χ2v) is 17.3. The minimum atomic E-state index is -4.02. The number of carbonyl (C=O) groups excluding carboxylic acids is 6. The van der Waals surface area contributed by atoms with Crippen LogP contribution in [0.15, 0.2) is 35.4 Å². The Kier molecular flexibility index (Phi) is 12.2. The second-order valence-electron chi connectivity index (χ2n) is 15.4. The minimum absolute atomic E-state index is 0.0240. The fourth-order valence-electron chi connectivity index (χ4n) is 8.06. The molecule has 3 aliphatic rings. The van der Waals surface area contributed by atoms with Crippen molar-refractivity contribution in [2.75, 3.05) is 12.3 Å². The van der Waals surface area contributed by atoms with Gasteiger partial charge in [0.15, 0.2) is 9.84 Å². The zero-order valence-corrected chi connectivity index (χ0v) is 31.5. The largest absolute Gasteiger partial charge is 0.384 e. The summed E-state index contributed by atoms with van der Waals surface area (Å²) in [5.74, 6) is -5.77. The number of primary amides is 2. The first kappa shape index (κ1) is 40.5. The van der Waals surface area contributed by atoms with E-state index in [0.717, 1.165) is 38.5 Å². The molecule has 5 rings (SSSR count). The van der Waals surface area contributed by atoms with Gasteiger partial charge in [-0.2, -0.15) is 0 Å². The number of nitrogens with two attached hydrogens (primary N) is 2. The quantitative estimate of drug-likeness (QED) is 0.166. The number of carbonyl (C=O) groups is 6. The lowest BCUT2D eigenvalue weighted by atomic mass is 9.78. The number of aliphatic hydroxyl groups is 1. The van der Waals surface area contributed by atoms with Crippen LogP contribution in [0, 0.1) is 5.92 Å². The summed E-state index contributed by atoms with van der Waals surface area (Å²) in [7, 11) is -4.02. The van der Waals surface area contributed by atoms with E-state index in [-0.39, 0.29) is 48.6 Å². The van der Waals surface area contributed by atoms with E-state index in [1.165, 1.54) is 40.0 Å². The molecule has 2 aliphatic carbocycles. The normalized spacial score (nSPS) is 21.2. The van der Waals surface area contributed by atoms with Gasteiger partial charge in [-0.05, 0) is 63.3 Å². The molecule has 1 aliphatic heterocycles. The standard InChI is InChI=1S/C36H50N8O9S/c1-35(2,51)28-19-39-42-44(28)24-18-27(33(49)41-36(30(46)31(38)47)15-7-4-8-16-36)43(20-24)34(50)26(17-22-9-5-3-6-10-22)40-32(48)23-11-13-25(14-12-23)54(52,53)21-29(37)45/h11-14,19,22,24,26-27,51H,3-10,15-18,20-21H2,1-2H3,(H2,37,45)(H2,38,47)(H,40,48)(H,41,49)/t24-,26+,27-/m0/s1.